The van der Waals surface area contributed by atoms with Crippen molar-refractivity contribution in [1.29, 1.82) is 0 Å². The molecule has 0 radical (unpaired) electrons. The van der Waals surface area contributed by atoms with E-state index in [4.69, 9.17) is 17.0 Å². The molecule has 4 aromatic rings. The van der Waals surface area contributed by atoms with Crippen LogP contribution in [0.1, 0.15) is 16.7 Å². The van der Waals surface area contributed by atoms with Crippen LogP contribution >= 0.6 is 24.0 Å². The Morgan fingerprint density at radius 2 is 1.76 bits per heavy atom. The molecule has 9 heteroatoms. The lowest BCUT2D eigenvalue weighted by Crippen LogP contribution is -2.27. The van der Waals surface area contributed by atoms with Crippen molar-refractivity contribution >= 4 is 51.7 Å². The van der Waals surface area contributed by atoms with Gasteiger partial charge >= 0.3 is 0 Å². The molecule has 1 amide bonds. The van der Waals surface area contributed by atoms with Gasteiger partial charge in [0.15, 0.2) is 0 Å². The molecule has 0 saturated carbocycles. The third-order valence-corrected chi connectivity index (χ3v) is 7.34. The zero-order chi connectivity index (χ0) is 25.8. The second kappa shape index (κ2) is 11.0. The van der Waals surface area contributed by atoms with Gasteiger partial charge in [-0.1, -0.05) is 72.5 Å². The Morgan fingerprint density at radius 3 is 2.51 bits per heavy atom. The van der Waals surface area contributed by atoms with Gasteiger partial charge in [-0.3, -0.25) is 18.9 Å². The molecule has 1 saturated heterocycles. The Balaban J connectivity index is 1.44. The third kappa shape index (κ3) is 5.42. The number of thiocarbonyl (C=S) groups is 1. The van der Waals surface area contributed by atoms with Crippen LogP contribution in [0.4, 0.5) is 5.82 Å². The lowest BCUT2D eigenvalue weighted by atomic mass is 10.1. The summed E-state index contributed by atoms with van der Waals surface area (Å²) in [5, 5.41) is 3.31. The molecule has 37 heavy (non-hydrogen) atoms. The number of hydrogen-bond acceptors (Lipinski definition) is 7. The van der Waals surface area contributed by atoms with E-state index in [1.807, 2.05) is 48.5 Å². The summed E-state index contributed by atoms with van der Waals surface area (Å²) in [6.07, 6.45) is 4.04. The maximum absolute atomic E-state index is 13.5. The molecule has 1 N–H and O–H groups in total. The molecule has 0 unspecified atom stereocenters. The molecule has 2 aromatic carbocycles. The van der Waals surface area contributed by atoms with Crippen LogP contribution in [0.3, 0.4) is 0 Å². The van der Waals surface area contributed by atoms with Gasteiger partial charge in [-0.05, 0) is 47.9 Å². The minimum Gasteiger partial charge on any atom is -0.497 e. The van der Waals surface area contributed by atoms with Crippen LogP contribution in [0.25, 0.3) is 11.7 Å². The lowest BCUT2D eigenvalue weighted by molar-refractivity contribution is -0.122. The van der Waals surface area contributed by atoms with Gasteiger partial charge in [0.1, 0.15) is 21.5 Å². The van der Waals surface area contributed by atoms with E-state index >= 15 is 0 Å². The number of fused-ring (bicyclic) bond motifs is 1. The second-order valence-corrected chi connectivity index (χ2v) is 10.1. The number of ether oxygens (including phenoxy) is 1. The first-order valence-corrected chi connectivity index (χ1v) is 12.9. The molecule has 2 aromatic heterocycles. The molecule has 1 aliphatic rings. The molecule has 7 nitrogen and oxygen atoms in total. The lowest BCUT2D eigenvalue weighted by Gasteiger charge is -2.14. The van der Waals surface area contributed by atoms with E-state index in [9.17, 15) is 9.59 Å². The van der Waals surface area contributed by atoms with Crippen molar-refractivity contribution in [2.45, 2.75) is 13.0 Å². The first kappa shape index (κ1) is 24.7. The zero-order valence-electron chi connectivity index (χ0n) is 20.1. The standard InChI is InChI=1S/C28H24N4O3S2/c1-35-21-12-10-20(11-13-21)18-32-27(34)23(37-28(32)36)17-22-25(29-15-14-19-7-3-2-4-8-19)30-24-9-5-6-16-31(24)26(22)33/h2-13,16-17,29H,14-15,18H2,1H3. The summed E-state index contributed by atoms with van der Waals surface area (Å²) in [5.74, 6) is 0.941. The van der Waals surface area contributed by atoms with E-state index < -0.39 is 0 Å². The van der Waals surface area contributed by atoms with Crippen molar-refractivity contribution < 1.29 is 9.53 Å². The molecular formula is C28H24N4O3S2. The monoisotopic (exact) mass is 528 g/mol. The van der Waals surface area contributed by atoms with Crippen LogP contribution in [0.5, 0.6) is 5.75 Å². The van der Waals surface area contributed by atoms with Gasteiger partial charge in [0.05, 0.1) is 24.1 Å². The van der Waals surface area contributed by atoms with Crippen molar-refractivity contribution in [2.24, 2.45) is 0 Å². The number of benzene rings is 2. The Kier molecular flexibility index (Phi) is 7.34. The van der Waals surface area contributed by atoms with E-state index in [2.05, 4.69) is 22.4 Å². The topological polar surface area (TPSA) is 75.9 Å². The number of nitrogens with zero attached hydrogens (tertiary/aromatic N) is 3. The highest BCUT2D eigenvalue weighted by atomic mass is 32.2. The number of rotatable bonds is 8. The highest BCUT2D eigenvalue weighted by molar-refractivity contribution is 8.26. The van der Waals surface area contributed by atoms with E-state index in [-0.39, 0.29) is 11.5 Å². The smallest absolute Gasteiger partial charge is 0.267 e. The Hall–Kier alpha value is -3.95. The molecule has 1 aliphatic heterocycles. The number of thioether (sulfide) groups is 1. The summed E-state index contributed by atoms with van der Waals surface area (Å²) < 4.78 is 7.13. The number of pyridine rings is 1. The van der Waals surface area contributed by atoms with Gasteiger partial charge < -0.3 is 10.1 Å². The summed E-state index contributed by atoms with van der Waals surface area (Å²) in [5.41, 5.74) is 2.69. The summed E-state index contributed by atoms with van der Waals surface area (Å²) in [6, 6.07) is 23.0. The van der Waals surface area contributed by atoms with E-state index in [0.29, 0.717) is 39.3 Å². The Morgan fingerprint density at radius 1 is 1.00 bits per heavy atom. The van der Waals surface area contributed by atoms with Gasteiger partial charge in [-0.25, -0.2) is 4.98 Å². The minimum atomic E-state index is -0.256. The van der Waals surface area contributed by atoms with Crippen molar-refractivity contribution in [3.63, 3.8) is 0 Å². The van der Waals surface area contributed by atoms with Crippen molar-refractivity contribution in [2.75, 3.05) is 19.0 Å². The highest BCUT2D eigenvalue weighted by Crippen LogP contribution is 2.34. The summed E-state index contributed by atoms with van der Waals surface area (Å²) in [6.45, 7) is 0.919. The van der Waals surface area contributed by atoms with Crippen molar-refractivity contribution in [1.82, 2.24) is 14.3 Å². The predicted octanol–water partition coefficient (Wildman–Crippen LogP) is 4.76. The number of nitrogens with one attached hydrogen (secondary N) is 1. The van der Waals surface area contributed by atoms with E-state index in [1.165, 1.54) is 21.7 Å². The fraction of sp³-hybridized carbons (Fsp3) is 0.143. The molecule has 0 atom stereocenters. The normalized spacial score (nSPS) is 14.5. The maximum atomic E-state index is 13.5. The zero-order valence-corrected chi connectivity index (χ0v) is 21.7. The van der Waals surface area contributed by atoms with Gasteiger partial charge in [0.25, 0.3) is 11.5 Å². The molecule has 0 aliphatic carbocycles. The second-order valence-electron chi connectivity index (χ2n) is 8.39. The fourth-order valence-electron chi connectivity index (χ4n) is 4.02. The summed E-state index contributed by atoms with van der Waals surface area (Å²) in [7, 11) is 1.61. The van der Waals surface area contributed by atoms with Crippen LogP contribution in [-0.2, 0) is 17.8 Å². The number of methoxy groups -OCH3 is 1. The Bertz CT molecular complexity index is 1550. The largest absolute Gasteiger partial charge is 0.497 e. The number of carbonyl (C=O) groups excluding carboxylic acids is 1. The predicted molar refractivity (Wildman–Crippen MR) is 152 cm³/mol. The van der Waals surface area contributed by atoms with Crippen LogP contribution < -0.4 is 15.6 Å². The van der Waals surface area contributed by atoms with E-state index in [0.717, 1.165) is 17.7 Å². The maximum Gasteiger partial charge on any atom is 0.267 e. The number of carbonyl (C=O) groups is 1. The average Bonchev–Trinajstić information content (AvgIpc) is 3.19. The van der Waals surface area contributed by atoms with Crippen LogP contribution in [0, 0.1) is 0 Å². The first-order chi connectivity index (χ1) is 18.0. The van der Waals surface area contributed by atoms with Crippen molar-refractivity contribution in [3.05, 3.63) is 111 Å². The molecule has 5 rings (SSSR count). The summed E-state index contributed by atoms with van der Waals surface area (Å²) >= 11 is 6.70. The van der Waals surface area contributed by atoms with E-state index in [1.54, 1.807) is 36.4 Å². The minimum absolute atomic E-state index is 0.237. The molecule has 3 heterocycles. The molecular weight excluding hydrogens is 504 g/mol. The van der Waals surface area contributed by atoms with Crippen LogP contribution in [-0.4, -0.2) is 38.2 Å². The molecule has 0 spiro atoms. The van der Waals surface area contributed by atoms with Gasteiger partial charge in [0.2, 0.25) is 0 Å². The van der Waals surface area contributed by atoms with Gasteiger partial charge in [0, 0.05) is 12.7 Å². The third-order valence-electron chi connectivity index (χ3n) is 5.97. The van der Waals surface area contributed by atoms with Gasteiger partial charge in [-0.15, -0.1) is 0 Å². The summed E-state index contributed by atoms with van der Waals surface area (Å²) in [4.78, 5) is 33.4. The van der Waals surface area contributed by atoms with Crippen molar-refractivity contribution in [3.8, 4) is 5.75 Å². The first-order valence-electron chi connectivity index (χ1n) is 11.7. The quantitative estimate of drug-likeness (QED) is 0.261. The molecule has 1 fully saturated rings. The van der Waals surface area contributed by atoms with Crippen LogP contribution in [0.15, 0.2) is 88.7 Å². The fourth-order valence-corrected chi connectivity index (χ4v) is 5.26. The average molecular weight is 529 g/mol. The Labute approximate surface area is 223 Å². The molecule has 0 bridgehead atoms. The number of hydrogen-bond donors (Lipinski definition) is 1. The number of amides is 1. The van der Waals surface area contributed by atoms with Gasteiger partial charge in [-0.2, -0.15) is 0 Å². The molecule has 186 valence electrons. The SMILES string of the molecule is COc1ccc(CN2C(=O)C(=Cc3c(NCCc4ccccc4)nc4ccccn4c3=O)SC2=S)cc1. The number of aromatic nitrogens is 2. The highest BCUT2D eigenvalue weighted by Gasteiger charge is 2.32. The number of anilines is 1. The van der Waals surface area contributed by atoms with Crippen LogP contribution in [0.2, 0.25) is 0 Å².